The number of thioether (sulfide) groups is 1. The molecule has 106 valence electrons. The Balaban J connectivity index is 2.00. The Bertz CT molecular complexity index is 453. The van der Waals surface area contributed by atoms with Gasteiger partial charge in [-0.3, -0.25) is 4.79 Å². The van der Waals surface area contributed by atoms with Crippen molar-refractivity contribution in [3.05, 3.63) is 5.01 Å². The molecular weight excluding hydrogens is 278 g/mol. The molecule has 0 radical (unpaired) electrons. The zero-order valence-electron chi connectivity index (χ0n) is 12.0. The average molecular weight is 299 g/mol. The highest BCUT2D eigenvalue weighted by Gasteiger charge is 2.32. The summed E-state index contributed by atoms with van der Waals surface area (Å²) in [6, 6.07) is 0. The second-order valence-electron chi connectivity index (χ2n) is 6.16. The molecule has 1 fully saturated rings. The predicted octanol–water partition coefficient (Wildman–Crippen LogP) is 2.98. The number of hydrogen-bond acceptors (Lipinski definition) is 5. The molecule has 0 aromatic carbocycles. The molecule has 4 nitrogen and oxygen atoms in total. The maximum absolute atomic E-state index is 12.5. The molecule has 1 aliphatic rings. The molecule has 0 saturated carbocycles. The van der Waals surface area contributed by atoms with E-state index >= 15 is 0 Å². The molecule has 1 aromatic heterocycles. The van der Waals surface area contributed by atoms with E-state index in [1.807, 2.05) is 11.8 Å². The lowest BCUT2D eigenvalue weighted by Gasteiger charge is -2.35. The van der Waals surface area contributed by atoms with E-state index in [0.717, 1.165) is 35.3 Å². The number of aromatic nitrogens is 2. The van der Waals surface area contributed by atoms with Gasteiger partial charge in [-0.1, -0.05) is 43.9 Å². The van der Waals surface area contributed by atoms with Gasteiger partial charge in [0.25, 0.3) is 0 Å². The molecule has 19 heavy (non-hydrogen) atoms. The van der Waals surface area contributed by atoms with Crippen LogP contribution >= 0.6 is 23.1 Å². The van der Waals surface area contributed by atoms with E-state index in [2.05, 4.69) is 31.0 Å². The van der Waals surface area contributed by atoms with E-state index in [4.69, 9.17) is 0 Å². The van der Waals surface area contributed by atoms with Crippen LogP contribution in [0.4, 0.5) is 0 Å². The monoisotopic (exact) mass is 299 g/mol. The second kappa shape index (κ2) is 5.79. The molecule has 0 aliphatic carbocycles. The van der Waals surface area contributed by atoms with Crippen LogP contribution in [0.2, 0.25) is 0 Å². The molecule has 0 unspecified atom stereocenters. The van der Waals surface area contributed by atoms with Gasteiger partial charge in [-0.15, -0.1) is 10.2 Å². The Morgan fingerprint density at radius 3 is 2.74 bits per heavy atom. The Labute approximate surface area is 123 Å². The van der Waals surface area contributed by atoms with Crippen molar-refractivity contribution in [3.8, 4) is 0 Å². The van der Waals surface area contributed by atoms with Crippen molar-refractivity contribution >= 4 is 29.0 Å². The first-order valence-corrected chi connectivity index (χ1v) is 8.30. The summed E-state index contributed by atoms with van der Waals surface area (Å²) in [6.45, 7) is 10.2. The Kier molecular flexibility index (Phi) is 4.50. The zero-order chi connectivity index (χ0) is 14.0. The smallest absolute Gasteiger partial charge is 0.236 e. The largest absolute Gasteiger partial charge is 0.341 e. The Hall–Kier alpha value is -0.620. The number of nitrogens with zero attached hydrogens (tertiary/aromatic N) is 3. The highest BCUT2D eigenvalue weighted by atomic mass is 32.2. The minimum Gasteiger partial charge on any atom is -0.341 e. The van der Waals surface area contributed by atoms with Crippen molar-refractivity contribution < 1.29 is 4.79 Å². The molecule has 1 atom stereocenters. The number of hydrogen-bond donors (Lipinski definition) is 0. The first-order chi connectivity index (χ1) is 8.85. The summed E-state index contributed by atoms with van der Waals surface area (Å²) in [7, 11) is 0. The number of likely N-dealkylation sites (tertiary alicyclic amines) is 1. The second-order valence-corrected chi connectivity index (χ2v) is 8.79. The summed E-state index contributed by atoms with van der Waals surface area (Å²) in [5, 5.41) is 9.09. The maximum Gasteiger partial charge on any atom is 0.236 e. The minimum absolute atomic E-state index is 0.0171. The van der Waals surface area contributed by atoms with E-state index < -0.39 is 0 Å². The van der Waals surface area contributed by atoms with Gasteiger partial charge < -0.3 is 4.90 Å². The summed E-state index contributed by atoms with van der Waals surface area (Å²) in [5.41, 5.74) is 0.154. The number of piperidine rings is 1. The van der Waals surface area contributed by atoms with Gasteiger partial charge in [0.2, 0.25) is 5.91 Å². The third-order valence-electron chi connectivity index (χ3n) is 2.90. The van der Waals surface area contributed by atoms with Crippen LogP contribution in [-0.4, -0.2) is 39.3 Å². The van der Waals surface area contributed by atoms with Crippen LogP contribution in [0.3, 0.4) is 0 Å². The minimum atomic E-state index is 0.0171. The molecule has 0 bridgehead atoms. The fourth-order valence-corrected chi connectivity index (χ4v) is 4.38. The van der Waals surface area contributed by atoms with E-state index in [9.17, 15) is 4.79 Å². The molecule has 2 heterocycles. The number of carbonyl (C=O) groups excluding carboxylic acids is 1. The van der Waals surface area contributed by atoms with Crippen molar-refractivity contribution in [1.29, 1.82) is 0 Å². The summed E-state index contributed by atoms with van der Waals surface area (Å²) < 4.78 is 0.911. The van der Waals surface area contributed by atoms with E-state index in [-0.39, 0.29) is 16.6 Å². The van der Waals surface area contributed by atoms with Crippen molar-refractivity contribution in [2.24, 2.45) is 5.41 Å². The van der Waals surface area contributed by atoms with Gasteiger partial charge in [-0.05, 0) is 25.2 Å². The van der Waals surface area contributed by atoms with Gasteiger partial charge in [0.05, 0.1) is 5.25 Å². The lowest BCUT2D eigenvalue weighted by Crippen LogP contribution is -2.46. The summed E-state index contributed by atoms with van der Waals surface area (Å²) >= 11 is 3.14. The van der Waals surface area contributed by atoms with Gasteiger partial charge in [0.1, 0.15) is 5.01 Å². The summed E-state index contributed by atoms with van der Waals surface area (Å²) in [6.07, 6.45) is 2.03. The van der Waals surface area contributed by atoms with Crippen molar-refractivity contribution in [3.63, 3.8) is 0 Å². The molecule has 1 saturated heterocycles. The van der Waals surface area contributed by atoms with E-state index in [1.165, 1.54) is 0 Å². The van der Waals surface area contributed by atoms with Crippen LogP contribution in [0.5, 0.6) is 0 Å². The SMILES string of the molecule is Cc1nnc(S[C@H]2CCCN(CC(C)(C)C)C2=O)s1. The normalized spacial score (nSPS) is 20.9. The zero-order valence-corrected chi connectivity index (χ0v) is 13.6. The lowest BCUT2D eigenvalue weighted by atomic mass is 9.94. The molecule has 1 aliphatic heterocycles. The van der Waals surface area contributed by atoms with Crippen LogP contribution in [-0.2, 0) is 4.79 Å². The molecule has 0 spiro atoms. The van der Waals surface area contributed by atoms with Gasteiger partial charge >= 0.3 is 0 Å². The van der Waals surface area contributed by atoms with Crippen molar-refractivity contribution in [2.75, 3.05) is 13.1 Å². The third-order valence-corrected chi connectivity index (χ3v) is 5.07. The predicted molar refractivity (Wildman–Crippen MR) is 79.6 cm³/mol. The molecule has 0 N–H and O–H groups in total. The molecule has 1 amide bonds. The fourth-order valence-electron chi connectivity index (χ4n) is 2.19. The van der Waals surface area contributed by atoms with Crippen LogP contribution < -0.4 is 0 Å². The van der Waals surface area contributed by atoms with Gasteiger partial charge in [0, 0.05) is 13.1 Å². The Morgan fingerprint density at radius 1 is 1.42 bits per heavy atom. The van der Waals surface area contributed by atoms with Gasteiger partial charge in [0.15, 0.2) is 4.34 Å². The highest BCUT2D eigenvalue weighted by molar-refractivity contribution is 8.02. The molecule has 6 heteroatoms. The van der Waals surface area contributed by atoms with E-state index in [1.54, 1.807) is 23.1 Å². The van der Waals surface area contributed by atoms with Crippen LogP contribution in [0.1, 0.15) is 38.6 Å². The fraction of sp³-hybridized carbons (Fsp3) is 0.769. The maximum atomic E-state index is 12.5. The standard InChI is InChI=1S/C13H21N3OS2/c1-9-14-15-12(18-9)19-10-6-5-7-16(11(10)17)8-13(2,3)4/h10H,5-8H2,1-4H3/t10-/m0/s1. The quantitative estimate of drug-likeness (QED) is 0.861. The highest BCUT2D eigenvalue weighted by Crippen LogP contribution is 2.33. The van der Waals surface area contributed by atoms with Crippen molar-refractivity contribution in [1.82, 2.24) is 15.1 Å². The molecular formula is C13H21N3OS2. The topological polar surface area (TPSA) is 46.1 Å². The van der Waals surface area contributed by atoms with E-state index in [0.29, 0.717) is 0 Å². The summed E-state index contributed by atoms with van der Waals surface area (Å²) in [4.78, 5) is 14.5. The number of aryl methyl sites for hydroxylation is 1. The third kappa shape index (κ3) is 4.18. The van der Waals surface area contributed by atoms with Crippen molar-refractivity contribution in [2.45, 2.75) is 50.1 Å². The van der Waals surface area contributed by atoms with Crippen LogP contribution in [0.15, 0.2) is 4.34 Å². The average Bonchev–Trinajstić information content (AvgIpc) is 2.68. The molecule has 1 aromatic rings. The first kappa shape index (κ1) is 14.8. The Morgan fingerprint density at radius 2 is 2.16 bits per heavy atom. The van der Waals surface area contributed by atoms with Gasteiger partial charge in [-0.2, -0.15) is 0 Å². The lowest BCUT2D eigenvalue weighted by molar-refractivity contribution is -0.133. The first-order valence-electron chi connectivity index (χ1n) is 6.61. The molecule has 2 rings (SSSR count). The number of rotatable bonds is 3. The number of carbonyl (C=O) groups is 1. The number of amides is 1. The summed E-state index contributed by atoms with van der Waals surface area (Å²) in [5.74, 6) is 0.263. The van der Waals surface area contributed by atoms with Crippen LogP contribution in [0, 0.1) is 12.3 Å². The van der Waals surface area contributed by atoms with Gasteiger partial charge in [-0.25, -0.2) is 0 Å². The van der Waals surface area contributed by atoms with Crippen LogP contribution in [0.25, 0.3) is 0 Å².